The van der Waals surface area contributed by atoms with Crippen molar-refractivity contribution in [1.29, 1.82) is 0 Å². The summed E-state index contributed by atoms with van der Waals surface area (Å²) in [4.78, 5) is 22.4. The van der Waals surface area contributed by atoms with Crippen molar-refractivity contribution in [2.75, 3.05) is 0 Å². The Morgan fingerprint density at radius 1 is 1.32 bits per heavy atom. The second kappa shape index (κ2) is 6.82. The Balaban J connectivity index is 2.72. The van der Waals surface area contributed by atoms with Crippen molar-refractivity contribution in [3.8, 4) is 0 Å². The number of hydrogen-bond donors (Lipinski definition) is 2. The van der Waals surface area contributed by atoms with Crippen LogP contribution >= 0.6 is 0 Å². The van der Waals surface area contributed by atoms with E-state index in [-0.39, 0.29) is 12.0 Å². The molecular formula is C13H15F2NO3. The summed E-state index contributed by atoms with van der Waals surface area (Å²) in [7, 11) is 0. The van der Waals surface area contributed by atoms with Gasteiger partial charge in [-0.15, -0.1) is 0 Å². The zero-order valence-electron chi connectivity index (χ0n) is 10.5. The smallest absolute Gasteiger partial charge is 0.326 e. The normalized spacial score (nSPS) is 11.9. The Morgan fingerprint density at radius 3 is 2.37 bits per heavy atom. The minimum absolute atomic E-state index is 0.265. The number of aliphatic carboxylic acids is 1. The molecule has 0 fully saturated rings. The summed E-state index contributed by atoms with van der Waals surface area (Å²) in [6.07, 6.45) is 0.318. The van der Waals surface area contributed by atoms with E-state index in [1.54, 1.807) is 6.92 Å². The Kier molecular flexibility index (Phi) is 5.41. The van der Waals surface area contributed by atoms with Gasteiger partial charge in [-0.3, -0.25) is 4.79 Å². The van der Waals surface area contributed by atoms with E-state index in [1.807, 2.05) is 0 Å². The summed E-state index contributed by atoms with van der Waals surface area (Å²) >= 11 is 0. The number of benzene rings is 1. The van der Waals surface area contributed by atoms with Crippen molar-refractivity contribution in [2.45, 2.75) is 32.2 Å². The van der Waals surface area contributed by atoms with Gasteiger partial charge in [0.2, 0.25) is 5.91 Å². The van der Waals surface area contributed by atoms with Crippen LogP contribution in [0.3, 0.4) is 0 Å². The molecule has 0 heterocycles. The van der Waals surface area contributed by atoms with Crippen LogP contribution in [-0.4, -0.2) is 23.0 Å². The van der Waals surface area contributed by atoms with Crippen LogP contribution in [0, 0.1) is 11.6 Å². The SMILES string of the molecule is CCCC(NC(=O)Cc1c(F)cccc1F)C(=O)O. The number of carboxylic acids is 1. The number of amides is 1. The van der Waals surface area contributed by atoms with Crippen molar-refractivity contribution in [2.24, 2.45) is 0 Å². The van der Waals surface area contributed by atoms with E-state index in [4.69, 9.17) is 5.11 Å². The molecular weight excluding hydrogens is 256 g/mol. The molecule has 0 radical (unpaired) electrons. The first-order valence-corrected chi connectivity index (χ1v) is 5.90. The molecule has 1 atom stereocenters. The highest BCUT2D eigenvalue weighted by Gasteiger charge is 2.20. The lowest BCUT2D eigenvalue weighted by Gasteiger charge is -2.13. The number of halogens is 2. The van der Waals surface area contributed by atoms with Gasteiger partial charge in [0.05, 0.1) is 6.42 Å². The van der Waals surface area contributed by atoms with Gasteiger partial charge in [-0.25, -0.2) is 13.6 Å². The van der Waals surface area contributed by atoms with Crippen molar-refractivity contribution in [1.82, 2.24) is 5.32 Å². The predicted molar refractivity (Wildman–Crippen MR) is 64.5 cm³/mol. The van der Waals surface area contributed by atoms with Crippen molar-refractivity contribution in [3.63, 3.8) is 0 Å². The summed E-state index contributed by atoms with van der Waals surface area (Å²) in [6, 6.07) is 2.26. The van der Waals surface area contributed by atoms with Crippen LogP contribution < -0.4 is 5.32 Å². The Bertz CT molecular complexity index is 457. The summed E-state index contributed by atoms with van der Waals surface area (Å²) in [5.74, 6) is -3.52. The Labute approximate surface area is 109 Å². The van der Waals surface area contributed by atoms with Gasteiger partial charge >= 0.3 is 5.97 Å². The second-order valence-corrected chi connectivity index (χ2v) is 4.12. The number of rotatable bonds is 6. The molecule has 1 aromatic rings. The minimum Gasteiger partial charge on any atom is -0.480 e. The maximum Gasteiger partial charge on any atom is 0.326 e. The van der Waals surface area contributed by atoms with Crippen LogP contribution in [0.2, 0.25) is 0 Å². The van der Waals surface area contributed by atoms with E-state index >= 15 is 0 Å². The molecule has 0 spiro atoms. The van der Waals surface area contributed by atoms with Gasteiger partial charge in [0.25, 0.3) is 0 Å². The number of carbonyl (C=O) groups excluding carboxylic acids is 1. The first-order valence-electron chi connectivity index (χ1n) is 5.90. The summed E-state index contributed by atoms with van der Waals surface area (Å²) in [5, 5.41) is 11.1. The summed E-state index contributed by atoms with van der Waals surface area (Å²) < 4.78 is 26.6. The van der Waals surface area contributed by atoms with Crippen LogP contribution in [0.5, 0.6) is 0 Å². The van der Waals surface area contributed by atoms with E-state index in [9.17, 15) is 18.4 Å². The van der Waals surface area contributed by atoms with Gasteiger partial charge in [-0.05, 0) is 18.6 Å². The average molecular weight is 271 g/mol. The lowest BCUT2D eigenvalue weighted by atomic mass is 10.1. The van der Waals surface area contributed by atoms with Gasteiger partial charge in [-0.1, -0.05) is 19.4 Å². The molecule has 6 heteroatoms. The van der Waals surface area contributed by atoms with E-state index in [1.165, 1.54) is 6.07 Å². The topological polar surface area (TPSA) is 66.4 Å². The Hall–Kier alpha value is -1.98. The van der Waals surface area contributed by atoms with Crippen LogP contribution in [0.1, 0.15) is 25.3 Å². The lowest BCUT2D eigenvalue weighted by molar-refractivity contribution is -0.141. The van der Waals surface area contributed by atoms with Crippen LogP contribution in [-0.2, 0) is 16.0 Å². The highest BCUT2D eigenvalue weighted by atomic mass is 19.1. The molecule has 0 saturated carbocycles. The maximum absolute atomic E-state index is 13.3. The highest BCUT2D eigenvalue weighted by molar-refractivity contribution is 5.84. The third-order valence-corrected chi connectivity index (χ3v) is 2.61. The molecule has 1 unspecified atom stereocenters. The molecule has 0 aromatic heterocycles. The van der Waals surface area contributed by atoms with Crippen LogP contribution in [0.15, 0.2) is 18.2 Å². The molecule has 0 bridgehead atoms. The molecule has 0 aliphatic carbocycles. The molecule has 4 nitrogen and oxygen atoms in total. The fourth-order valence-electron chi connectivity index (χ4n) is 1.65. The van der Waals surface area contributed by atoms with Gasteiger partial charge in [0, 0.05) is 5.56 Å². The van der Waals surface area contributed by atoms with Gasteiger partial charge < -0.3 is 10.4 Å². The molecule has 1 aromatic carbocycles. The van der Waals surface area contributed by atoms with Gasteiger partial charge in [0.1, 0.15) is 17.7 Å². The molecule has 0 aliphatic heterocycles. The van der Waals surface area contributed by atoms with Crippen molar-refractivity contribution >= 4 is 11.9 Å². The standard InChI is InChI=1S/C13H15F2NO3/c1-2-4-11(13(18)19)16-12(17)7-8-9(14)5-3-6-10(8)15/h3,5-6,11H,2,4,7H2,1H3,(H,16,17)(H,18,19). The van der Waals surface area contributed by atoms with E-state index in [2.05, 4.69) is 5.32 Å². The van der Waals surface area contributed by atoms with E-state index < -0.39 is 36.0 Å². The maximum atomic E-state index is 13.3. The molecule has 2 N–H and O–H groups in total. The fraction of sp³-hybridized carbons (Fsp3) is 0.385. The zero-order chi connectivity index (χ0) is 14.4. The molecule has 0 aliphatic rings. The largest absolute Gasteiger partial charge is 0.480 e. The third kappa shape index (κ3) is 4.31. The molecule has 104 valence electrons. The molecule has 19 heavy (non-hydrogen) atoms. The number of hydrogen-bond acceptors (Lipinski definition) is 2. The highest BCUT2D eigenvalue weighted by Crippen LogP contribution is 2.12. The summed E-state index contributed by atoms with van der Waals surface area (Å²) in [6.45, 7) is 1.78. The average Bonchev–Trinajstić information content (AvgIpc) is 2.33. The van der Waals surface area contributed by atoms with Crippen molar-refractivity contribution in [3.05, 3.63) is 35.4 Å². The fourth-order valence-corrected chi connectivity index (χ4v) is 1.65. The molecule has 1 rings (SSSR count). The number of carbonyl (C=O) groups is 2. The van der Waals surface area contributed by atoms with Crippen LogP contribution in [0.25, 0.3) is 0 Å². The van der Waals surface area contributed by atoms with E-state index in [0.717, 1.165) is 12.1 Å². The first kappa shape index (κ1) is 15.1. The number of carboxylic acid groups (broad SMARTS) is 1. The minimum atomic E-state index is -1.16. The second-order valence-electron chi connectivity index (χ2n) is 4.12. The van der Waals surface area contributed by atoms with E-state index in [0.29, 0.717) is 6.42 Å². The lowest BCUT2D eigenvalue weighted by Crippen LogP contribution is -2.41. The summed E-state index contributed by atoms with van der Waals surface area (Å²) in [5.41, 5.74) is -0.361. The zero-order valence-corrected chi connectivity index (χ0v) is 10.5. The first-order chi connectivity index (χ1) is 8.95. The van der Waals surface area contributed by atoms with Gasteiger partial charge in [-0.2, -0.15) is 0 Å². The molecule has 1 amide bonds. The monoisotopic (exact) mass is 271 g/mol. The third-order valence-electron chi connectivity index (χ3n) is 2.61. The predicted octanol–water partition coefficient (Wildman–Crippen LogP) is 1.88. The number of nitrogens with one attached hydrogen (secondary N) is 1. The quantitative estimate of drug-likeness (QED) is 0.830. The van der Waals surface area contributed by atoms with Crippen molar-refractivity contribution < 1.29 is 23.5 Å². The van der Waals surface area contributed by atoms with Crippen LogP contribution in [0.4, 0.5) is 8.78 Å². The Morgan fingerprint density at radius 2 is 1.89 bits per heavy atom. The molecule has 0 saturated heterocycles. The van der Waals surface area contributed by atoms with Gasteiger partial charge in [0.15, 0.2) is 0 Å².